The monoisotopic (exact) mass is 405 g/mol. The molecule has 1 aliphatic rings. The highest BCUT2D eigenvalue weighted by Gasteiger charge is 2.34. The number of hydrogen-bond acceptors (Lipinski definition) is 3. The number of nitrogens with zero attached hydrogens (tertiary/aromatic N) is 3. The van der Waals surface area contributed by atoms with Gasteiger partial charge >= 0.3 is 6.18 Å². The number of ether oxygens (including phenoxy) is 1. The first-order chi connectivity index (χ1) is 13.7. The van der Waals surface area contributed by atoms with Gasteiger partial charge in [0.25, 0.3) is 0 Å². The standard InChI is InChI=1S/C21H19F4N3O/c1-12-9-15(10-13(2)26-12)19-18-5-7-29-8-6-28(18)20(27-19)14-3-4-16(17(22)11-14)21(23,24)25/h3-4,9-11H,5-8H2,1-2H3. The van der Waals surface area contributed by atoms with E-state index in [0.717, 1.165) is 40.5 Å². The Balaban J connectivity index is 1.89. The molecule has 3 heterocycles. The van der Waals surface area contributed by atoms with Crippen LogP contribution in [-0.4, -0.2) is 27.7 Å². The summed E-state index contributed by atoms with van der Waals surface area (Å²) in [6, 6.07) is 6.76. The Hall–Kier alpha value is -2.74. The van der Waals surface area contributed by atoms with Crippen molar-refractivity contribution >= 4 is 0 Å². The number of fused-ring (bicyclic) bond motifs is 1. The van der Waals surface area contributed by atoms with Crippen LogP contribution in [0.15, 0.2) is 30.3 Å². The van der Waals surface area contributed by atoms with Crippen LogP contribution in [0.5, 0.6) is 0 Å². The van der Waals surface area contributed by atoms with E-state index < -0.39 is 17.6 Å². The number of halogens is 4. The summed E-state index contributed by atoms with van der Waals surface area (Å²) >= 11 is 0. The van der Waals surface area contributed by atoms with Crippen molar-refractivity contribution in [2.75, 3.05) is 13.2 Å². The molecule has 29 heavy (non-hydrogen) atoms. The number of aromatic nitrogens is 3. The van der Waals surface area contributed by atoms with Gasteiger partial charge in [0.2, 0.25) is 0 Å². The molecule has 0 amide bonds. The van der Waals surface area contributed by atoms with Crippen LogP contribution < -0.4 is 0 Å². The van der Waals surface area contributed by atoms with Gasteiger partial charge in [-0.05, 0) is 38.1 Å². The third-order valence-electron chi connectivity index (χ3n) is 4.90. The van der Waals surface area contributed by atoms with E-state index >= 15 is 0 Å². The molecule has 0 saturated heterocycles. The predicted octanol–water partition coefficient (Wildman–Crippen LogP) is 4.96. The Morgan fingerprint density at radius 2 is 1.69 bits per heavy atom. The summed E-state index contributed by atoms with van der Waals surface area (Å²) in [7, 11) is 0. The van der Waals surface area contributed by atoms with E-state index in [2.05, 4.69) is 4.98 Å². The number of aryl methyl sites for hydroxylation is 2. The molecule has 4 rings (SSSR count). The fourth-order valence-electron chi connectivity index (χ4n) is 3.71. The molecule has 0 saturated carbocycles. The second kappa shape index (κ2) is 7.26. The van der Waals surface area contributed by atoms with Crippen LogP contribution in [0.1, 0.15) is 22.6 Å². The first kappa shape index (κ1) is 19.6. The zero-order valence-corrected chi connectivity index (χ0v) is 16.0. The minimum Gasteiger partial charge on any atom is -0.379 e. The highest BCUT2D eigenvalue weighted by atomic mass is 19.4. The van der Waals surface area contributed by atoms with E-state index in [0.29, 0.717) is 37.6 Å². The van der Waals surface area contributed by atoms with E-state index in [-0.39, 0.29) is 0 Å². The van der Waals surface area contributed by atoms with Crippen LogP contribution in [0, 0.1) is 19.7 Å². The van der Waals surface area contributed by atoms with E-state index in [1.54, 1.807) is 0 Å². The largest absolute Gasteiger partial charge is 0.419 e. The van der Waals surface area contributed by atoms with Crippen molar-refractivity contribution in [1.82, 2.24) is 14.5 Å². The van der Waals surface area contributed by atoms with Crippen molar-refractivity contribution in [2.24, 2.45) is 0 Å². The van der Waals surface area contributed by atoms with Crippen LogP contribution in [0.4, 0.5) is 17.6 Å². The fraction of sp³-hybridized carbons (Fsp3) is 0.333. The Morgan fingerprint density at radius 1 is 0.966 bits per heavy atom. The summed E-state index contributed by atoms with van der Waals surface area (Å²) in [6.45, 7) is 5.24. The van der Waals surface area contributed by atoms with E-state index in [4.69, 9.17) is 9.72 Å². The Morgan fingerprint density at radius 3 is 2.34 bits per heavy atom. The van der Waals surface area contributed by atoms with Crippen molar-refractivity contribution < 1.29 is 22.3 Å². The molecule has 0 aliphatic carbocycles. The number of hydrogen-bond donors (Lipinski definition) is 0. The first-order valence-electron chi connectivity index (χ1n) is 9.24. The smallest absolute Gasteiger partial charge is 0.379 e. The SMILES string of the molecule is Cc1cc(-c2nc(-c3ccc(C(F)(F)F)c(F)c3)n3c2CCOCC3)cc(C)n1. The number of imidazole rings is 1. The topological polar surface area (TPSA) is 39.9 Å². The van der Waals surface area contributed by atoms with Gasteiger partial charge in [-0.2, -0.15) is 13.2 Å². The number of pyridine rings is 1. The van der Waals surface area contributed by atoms with Crippen LogP contribution in [0.3, 0.4) is 0 Å². The molecule has 8 heteroatoms. The molecule has 152 valence electrons. The molecule has 0 spiro atoms. The summed E-state index contributed by atoms with van der Waals surface area (Å²) in [5.41, 5.74) is 3.21. The quantitative estimate of drug-likeness (QED) is 0.566. The van der Waals surface area contributed by atoms with E-state index in [1.165, 1.54) is 6.07 Å². The fourth-order valence-corrected chi connectivity index (χ4v) is 3.71. The molecule has 0 unspecified atom stereocenters. The maximum absolute atomic E-state index is 14.2. The van der Waals surface area contributed by atoms with Crippen LogP contribution in [-0.2, 0) is 23.9 Å². The second-order valence-electron chi connectivity index (χ2n) is 7.08. The lowest BCUT2D eigenvalue weighted by atomic mass is 10.1. The molecule has 0 atom stereocenters. The Bertz CT molecular complexity index is 1050. The van der Waals surface area contributed by atoms with Gasteiger partial charge in [-0.15, -0.1) is 0 Å². The molecule has 0 N–H and O–H groups in total. The molecule has 1 aromatic carbocycles. The maximum atomic E-state index is 14.2. The molecule has 0 fully saturated rings. The average Bonchev–Trinajstić information content (AvgIpc) is 2.81. The van der Waals surface area contributed by atoms with Crippen LogP contribution in [0.2, 0.25) is 0 Å². The molecule has 2 aromatic heterocycles. The van der Waals surface area contributed by atoms with Gasteiger partial charge in [0.15, 0.2) is 0 Å². The van der Waals surface area contributed by atoms with Crippen molar-refractivity contribution in [3.8, 4) is 22.6 Å². The lowest BCUT2D eigenvalue weighted by molar-refractivity contribution is -0.139. The maximum Gasteiger partial charge on any atom is 0.419 e. The zero-order valence-electron chi connectivity index (χ0n) is 16.0. The molecular weight excluding hydrogens is 386 g/mol. The molecule has 4 nitrogen and oxygen atoms in total. The number of benzene rings is 1. The van der Waals surface area contributed by atoms with Gasteiger partial charge < -0.3 is 9.30 Å². The summed E-state index contributed by atoms with van der Waals surface area (Å²) in [5.74, 6) is -0.880. The average molecular weight is 405 g/mol. The van der Waals surface area contributed by atoms with Crippen molar-refractivity contribution in [3.63, 3.8) is 0 Å². The lowest BCUT2D eigenvalue weighted by Crippen LogP contribution is -2.09. The molecule has 0 radical (unpaired) electrons. The summed E-state index contributed by atoms with van der Waals surface area (Å²) in [4.78, 5) is 9.11. The summed E-state index contributed by atoms with van der Waals surface area (Å²) in [5, 5.41) is 0. The number of rotatable bonds is 2. The van der Waals surface area contributed by atoms with Crippen molar-refractivity contribution in [2.45, 2.75) is 33.0 Å². The zero-order chi connectivity index (χ0) is 20.8. The Kier molecular flexibility index (Phi) is 4.90. The number of alkyl halides is 3. The summed E-state index contributed by atoms with van der Waals surface area (Å²) in [6.07, 6.45) is -4.14. The van der Waals surface area contributed by atoms with Gasteiger partial charge in [0.05, 0.1) is 24.5 Å². The van der Waals surface area contributed by atoms with Crippen LogP contribution >= 0.6 is 0 Å². The molecule has 3 aromatic rings. The molecule has 0 bridgehead atoms. The Labute approximate surface area is 165 Å². The second-order valence-corrected chi connectivity index (χ2v) is 7.08. The van der Waals surface area contributed by atoms with E-state index in [9.17, 15) is 17.6 Å². The first-order valence-corrected chi connectivity index (χ1v) is 9.24. The van der Waals surface area contributed by atoms with Gasteiger partial charge in [-0.3, -0.25) is 4.98 Å². The third kappa shape index (κ3) is 3.76. The lowest BCUT2D eigenvalue weighted by Gasteiger charge is -2.11. The van der Waals surface area contributed by atoms with Crippen molar-refractivity contribution in [1.29, 1.82) is 0 Å². The van der Waals surface area contributed by atoms with E-state index in [1.807, 2.05) is 30.5 Å². The normalized spacial score (nSPS) is 14.6. The highest BCUT2D eigenvalue weighted by molar-refractivity contribution is 5.69. The van der Waals surface area contributed by atoms with Gasteiger partial charge in [-0.25, -0.2) is 9.37 Å². The highest BCUT2D eigenvalue weighted by Crippen LogP contribution is 2.35. The van der Waals surface area contributed by atoms with Gasteiger partial charge in [0, 0.05) is 41.2 Å². The third-order valence-corrected chi connectivity index (χ3v) is 4.90. The summed E-state index contributed by atoms with van der Waals surface area (Å²) < 4.78 is 60.5. The van der Waals surface area contributed by atoms with Crippen molar-refractivity contribution in [3.05, 3.63) is 58.8 Å². The molecular formula is C21H19F4N3O. The molecule has 1 aliphatic heterocycles. The van der Waals surface area contributed by atoms with Gasteiger partial charge in [0.1, 0.15) is 11.6 Å². The van der Waals surface area contributed by atoms with Gasteiger partial charge in [-0.1, -0.05) is 6.07 Å². The predicted molar refractivity (Wildman–Crippen MR) is 99.9 cm³/mol. The minimum atomic E-state index is -4.74. The minimum absolute atomic E-state index is 0.299. The van der Waals surface area contributed by atoms with Crippen LogP contribution in [0.25, 0.3) is 22.6 Å².